The Labute approximate surface area is 195 Å². The summed E-state index contributed by atoms with van der Waals surface area (Å²) < 4.78 is 38.8. The number of nitrogens with one attached hydrogen (secondary N) is 1. The first-order valence-corrected chi connectivity index (χ1v) is 12.8. The first-order valence-electron chi connectivity index (χ1n) is 11.4. The SMILES string of the molecule is Cc1cc(S(=O)(=O)N2CCc3ccccc32)ccc1OCC(=O)NCCCN1CCOCC1. The van der Waals surface area contributed by atoms with Gasteiger partial charge in [-0.05, 0) is 61.7 Å². The highest BCUT2D eigenvalue weighted by Crippen LogP contribution is 2.33. The molecular weight excluding hydrogens is 442 g/mol. The molecule has 2 aromatic carbocycles. The molecule has 0 aromatic heterocycles. The standard InChI is InChI=1S/C24H31N3O5S/c1-19-17-21(33(29,30)27-12-9-20-5-2-3-6-22(20)27)7-8-23(19)32-18-24(28)25-10-4-11-26-13-15-31-16-14-26/h2-3,5-8,17H,4,9-16,18H2,1H3,(H,25,28). The van der Waals surface area contributed by atoms with Gasteiger partial charge < -0.3 is 14.8 Å². The highest BCUT2D eigenvalue weighted by atomic mass is 32.2. The van der Waals surface area contributed by atoms with Crippen molar-refractivity contribution in [3.8, 4) is 5.75 Å². The molecular formula is C24H31N3O5S. The van der Waals surface area contributed by atoms with Crippen LogP contribution in [0, 0.1) is 6.92 Å². The molecule has 1 fully saturated rings. The molecule has 1 saturated heterocycles. The van der Waals surface area contributed by atoms with E-state index in [-0.39, 0.29) is 17.4 Å². The predicted octanol–water partition coefficient (Wildman–Crippen LogP) is 1.96. The van der Waals surface area contributed by atoms with Crippen molar-refractivity contribution in [2.24, 2.45) is 0 Å². The Morgan fingerprint density at radius 1 is 1.12 bits per heavy atom. The van der Waals surface area contributed by atoms with Crippen LogP contribution in [0.4, 0.5) is 5.69 Å². The summed E-state index contributed by atoms with van der Waals surface area (Å²) in [7, 11) is -3.66. The molecule has 33 heavy (non-hydrogen) atoms. The summed E-state index contributed by atoms with van der Waals surface area (Å²) in [4.78, 5) is 14.7. The summed E-state index contributed by atoms with van der Waals surface area (Å²) in [6.07, 6.45) is 1.58. The molecule has 8 nitrogen and oxygen atoms in total. The molecule has 1 amide bonds. The third-order valence-electron chi connectivity index (χ3n) is 6.01. The molecule has 2 heterocycles. The van der Waals surface area contributed by atoms with Gasteiger partial charge in [0, 0.05) is 26.2 Å². The van der Waals surface area contributed by atoms with E-state index in [1.54, 1.807) is 25.1 Å². The molecule has 2 aliphatic rings. The van der Waals surface area contributed by atoms with Crippen LogP contribution in [0.5, 0.6) is 5.75 Å². The Hall–Kier alpha value is -2.62. The predicted molar refractivity (Wildman–Crippen MR) is 126 cm³/mol. The van der Waals surface area contributed by atoms with Gasteiger partial charge in [0.15, 0.2) is 6.61 Å². The van der Waals surface area contributed by atoms with Crippen LogP contribution < -0.4 is 14.4 Å². The van der Waals surface area contributed by atoms with Crippen LogP contribution in [0.15, 0.2) is 47.4 Å². The molecule has 2 aliphatic heterocycles. The zero-order chi connectivity index (χ0) is 23.3. The van der Waals surface area contributed by atoms with Gasteiger partial charge in [0.1, 0.15) is 5.75 Å². The molecule has 2 aromatic rings. The van der Waals surface area contributed by atoms with Crippen LogP contribution >= 0.6 is 0 Å². The number of fused-ring (bicyclic) bond motifs is 1. The van der Waals surface area contributed by atoms with Crippen molar-refractivity contribution in [1.29, 1.82) is 0 Å². The number of carbonyl (C=O) groups is 1. The lowest BCUT2D eigenvalue weighted by atomic mass is 10.2. The fourth-order valence-electron chi connectivity index (χ4n) is 4.18. The van der Waals surface area contributed by atoms with Gasteiger partial charge in [0.25, 0.3) is 15.9 Å². The number of anilines is 1. The second-order valence-corrected chi connectivity index (χ2v) is 10.2. The van der Waals surface area contributed by atoms with Crippen LogP contribution in [0.2, 0.25) is 0 Å². The average Bonchev–Trinajstić information content (AvgIpc) is 3.27. The largest absolute Gasteiger partial charge is 0.484 e. The van der Waals surface area contributed by atoms with Gasteiger partial charge in [-0.15, -0.1) is 0 Å². The summed E-state index contributed by atoms with van der Waals surface area (Å²) in [6.45, 7) is 7.05. The molecule has 178 valence electrons. The summed E-state index contributed by atoms with van der Waals surface area (Å²) >= 11 is 0. The fraction of sp³-hybridized carbons (Fsp3) is 0.458. The molecule has 0 saturated carbocycles. The van der Waals surface area contributed by atoms with E-state index in [0.29, 0.717) is 30.8 Å². The van der Waals surface area contributed by atoms with Crippen LogP contribution in [-0.2, 0) is 26.0 Å². The molecule has 1 N–H and O–H groups in total. The molecule has 0 spiro atoms. The lowest BCUT2D eigenvalue weighted by molar-refractivity contribution is -0.123. The zero-order valence-electron chi connectivity index (χ0n) is 19.0. The van der Waals surface area contributed by atoms with E-state index in [0.717, 1.165) is 50.5 Å². The second kappa shape index (κ2) is 10.5. The lowest BCUT2D eigenvalue weighted by Gasteiger charge is -2.26. The maximum absolute atomic E-state index is 13.2. The normalized spacial score (nSPS) is 16.5. The number of hydrogen-bond acceptors (Lipinski definition) is 6. The van der Waals surface area contributed by atoms with Gasteiger partial charge in [-0.2, -0.15) is 0 Å². The summed E-state index contributed by atoms with van der Waals surface area (Å²) in [5, 5.41) is 2.87. The van der Waals surface area contributed by atoms with Crippen molar-refractivity contribution in [2.45, 2.75) is 24.7 Å². The van der Waals surface area contributed by atoms with Gasteiger partial charge in [-0.25, -0.2) is 8.42 Å². The lowest BCUT2D eigenvalue weighted by Crippen LogP contribution is -2.38. The minimum Gasteiger partial charge on any atom is -0.484 e. The summed E-state index contributed by atoms with van der Waals surface area (Å²) in [5.74, 6) is 0.306. The molecule has 0 atom stereocenters. The van der Waals surface area contributed by atoms with Crippen molar-refractivity contribution in [1.82, 2.24) is 10.2 Å². The molecule has 0 aliphatic carbocycles. The number of aryl methyl sites for hydroxylation is 1. The molecule has 9 heteroatoms. The Morgan fingerprint density at radius 2 is 1.91 bits per heavy atom. The van der Waals surface area contributed by atoms with Crippen molar-refractivity contribution in [3.05, 3.63) is 53.6 Å². The Bertz CT molecular complexity index is 1080. The minimum atomic E-state index is -3.66. The van der Waals surface area contributed by atoms with E-state index in [1.807, 2.05) is 24.3 Å². The smallest absolute Gasteiger partial charge is 0.264 e. The van der Waals surface area contributed by atoms with Crippen molar-refractivity contribution < 1.29 is 22.7 Å². The summed E-state index contributed by atoms with van der Waals surface area (Å²) in [6, 6.07) is 12.3. The average molecular weight is 474 g/mol. The van der Waals surface area contributed by atoms with Crippen molar-refractivity contribution >= 4 is 21.6 Å². The van der Waals surface area contributed by atoms with Crippen LogP contribution in [-0.4, -0.2) is 71.8 Å². The zero-order valence-corrected chi connectivity index (χ0v) is 19.8. The van der Waals surface area contributed by atoms with Crippen molar-refractivity contribution in [2.75, 3.05) is 56.8 Å². The topological polar surface area (TPSA) is 88.2 Å². The number of rotatable bonds is 9. The third-order valence-corrected chi connectivity index (χ3v) is 7.82. The van der Waals surface area contributed by atoms with E-state index < -0.39 is 10.0 Å². The van der Waals surface area contributed by atoms with Gasteiger partial charge in [0.2, 0.25) is 0 Å². The highest BCUT2D eigenvalue weighted by Gasteiger charge is 2.30. The third kappa shape index (κ3) is 5.66. The number of nitrogens with zero attached hydrogens (tertiary/aromatic N) is 2. The number of carbonyl (C=O) groups excluding carboxylic acids is 1. The molecule has 4 rings (SSSR count). The maximum atomic E-state index is 13.2. The Balaban J connectivity index is 1.28. The Kier molecular flexibility index (Phi) is 7.52. The van der Waals surface area contributed by atoms with E-state index in [1.165, 1.54) is 4.31 Å². The number of para-hydroxylation sites is 1. The van der Waals surface area contributed by atoms with E-state index in [2.05, 4.69) is 10.2 Å². The quantitative estimate of drug-likeness (QED) is 0.561. The van der Waals surface area contributed by atoms with E-state index >= 15 is 0 Å². The maximum Gasteiger partial charge on any atom is 0.264 e. The number of ether oxygens (including phenoxy) is 2. The number of sulfonamides is 1. The molecule has 0 radical (unpaired) electrons. The van der Waals surface area contributed by atoms with Crippen LogP contribution in [0.25, 0.3) is 0 Å². The second-order valence-electron chi connectivity index (χ2n) is 8.33. The van der Waals surface area contributed by atoms with Crippen LogP contribution in [0.1, 0.15) is 17.5 Å². The fourth-order valence-corrected chi connectivity index (χ4v) is 5.77. The van der Waals surface area contributed by atoms with Gasteiger partial charge >= 0.3 is 0 Å². The van der Waals surface area contributed by atoms with Crippen LogP contribution in [0.3, 0.4) is 0 Å². The van der Waals surface area contributed by atoms with Crippen molar-refractivity contribution in [3.63, 3.8) is 0 Å². The monoisotopic (exact) mass is 473 g/mol. The Morgan fingerprint density at radius 3 is 2.70 bits per heavy atom. The highest BCUT2D eigenvalue weighted by molar-refractivity contribution is 7.92. The van der Waals surface area contributed by atoms with Gasteiger partial charge in [-0.3, -0.25) is 14.0 Å². The van der Waals surface area contributed by atoms with Gasteiger partial charge in [-0.1, -0.05) is 18.2 Å². The first-order chi connectivity index (χ1) is 15.9. The molecule has 0 unspecified atom stereocenters. The first kappa shape index (κ1) is 23.5. The molecule has 0 bridgehead atoms. The van der Waals surface area contributed by atoms with Gasteiger partial charge in [0.05, 0.1) is 23.8 Å². The number of hydrogen-bond donors (Lipinski definition) is 1. The number of amides is 1. The van der Waals surface area contributed by atoms with E-state index in [4.69, 9.17) is 9.47 Å². The summed E-state index contributed by atoms with van der Waals surface area (Å²) in [5.41, 5.74) is 2.44. The number of benzene rings is 2. The minimum absolute atomic E-state index is 0.107. The number of morpholine rings is 1. The van der Waals surface area contributed by atoms with E-state index in [9.17, 15) is 13.2 Å².